The van der Waals surface area contributed by atoms with Gasteiger partial charge in [0.1, 0.15) is 0 Å². The molecule has 1 heterocycles. The molecule has 0 aliphatic rings. The summed E-state index contributed by atoms with van der Waals surface area (Å²) >= 11 is 1.53. The minimum atomic E-state index is 0.0515. The van der Waals surface area contributed by atoms with Crippen molar-refractivity contribution in [1.82, 2.24) is 10.3 Å². The number of carbonyl (C=O) groups excluding carboxylic acids is 1. The summed E-state index contributed by atoms with van der Waals surface area (Å²) in [4.78, 5) is 16.4. The van der Waals surface area contributed by atoms with Gasteiger partial charge in [0.25, 0.3) is 0 Å². The molecule has 4 nitrogen and oxygen atoms in total. The van der Waals surface area contributed by atoms with Crippen molar-refractivity contribution in [3.63, 3.8) is 0 Å². The van der Waals surface area contributed by atoms with E-state index in [0.717, 1.165) is 35.9 Å². The second-order valence-electron chi connectivity index (χ2n) is 5.91. The zero-order valence-corrected chi connectivity index (χ0v) is 15.4. The standard InChI is InChI=1S/C19H27N3OS/c1-3-5-6-7-12-20-18(23)13-17-14-24-19(22-17)21-16-10-8-15(4-2)9-11-16/h8-11,14H,3-7,12-13H2,1-2H3,(H,20,23)(H,21,22). The molecule has 24 heavy (non-hydrogen) atoms. The molecule has 2 aromatic rings. The summed E-state index contributed by atoms with van der Waals surface area (Å²) in [6, 6.07) is 8.34. The van der Waals surface area contributed by atoms with Gasteiger partial charge >= 0.3 is 0 Å². The second-order valence-corrected chi connectivity index (χ2v) is 6.76. The number of unbranched alkanes of at least 4 members (excludes halogenated alkanes) is 3. The first-order valence-corrected chi connectivity index (χ1v) is 9.66. The fourth-order valence-electron chi connectivity index (χ4n) is 2.40. The predicted octanol–water partition coefficient (Wildman–Crippen LogP) is 4.69. The molecule has 0 atom stereocenters. The Balaban J connectivity index is 1.76. The third-order valence-corrected chi connectivity index (χ3v) is 4.67. The first-order valence-electron chi connectivity index (χ1n) is 8.78. The molecule has 0 radical (unpaired) electrons. The zero-order chi connectivity index (χ0) is 17.2. The van der Waals surface area contributed by atoms with Gasteiger partial charge < -0.3 is 10.6 Å². The molecular weight excluding hydrogens is 318 g/mol. The molecule has 0 saturated heterocycles. The topological polar surface area (TPSA) is 54.0 Å². The van der Waals surface area contributed by atoms with E-state index in [-0.39, 0.29) is 5.91 Å². The molecule has 2 N–H and O–H groups in total. The highest BCUT2D eigenvalue weighted by Crippen LogP contribution is 2.21. The normalized spacial score (nSPS) is 10.6. The van der Waals surface area contributed by atoms with Gasteiger partial charge in [-0.3, -0.25) is 4.79 Å². The fourth-order valence-corrected chi connectivity index (χ4v) is 3.13. The smallest absolute Gasteiger partial charge is 0.226 e. The molecule has 1 amide bonds. The maximum atomic E-state index is 11.9. The lowest BCUT2D eigenvalue weighted by Crippen LogP contribution is -2.26. The quantitative estimate of drug-likeness (QED) is 0.614. The summed E-state index contributed by atoms with van der Waals surface area (Å²) in [5, 5.41) is 9.03. The summed E-state index contributed by atoms with van der Waals surface area (Å²) in [5.74, 6) is 0.0515. The number of thiazole rings is 1. The number of benzene rings is 1. The second kappa shape index (κ2) is 10.1. The van der Waals surface area contributed by atoms with Gasteiger partial charge in [0.05, 0.1) is 12.1 Å². The number of hydrogen-bond donors (Lipinski definition) is 2. The van der Waals surface area contributed by atoms with Gasteiger partial charge in [0.15, 0.2) is 5.13 Å². The van der Waals surface area contributed by atoms with E-state index >= 15 is 0 Å². The first-order chi connectivity index (χ1) is 11.7. The highest BCUT2D eigenvalue weighted by molar-refractivity contribution is 7.13. The maximum Gasteiger partial charge on any atom is 0.226 e. The first kappa shape index (κ1) is 18.5. The molecule has 130 valence electrons. The molecule has 0 saturated carbocycles. The van der Waals surface area contributed by atoms with Crippen molar-refractivity contribution in [3.8, 4) is 0 Å². The van der Waals surface area contributed by atoms with Crippen molar-refractivity contribution >= 4 is 28.1 Å². The van der Waals surface area contributed by atoms with Crippen molar-refractivity contribution in [2.24, 2.45) is 0 Å². The lowest BCUT2D eigenvalue weighted by Gasteiger charge is -2.04. The van der Waals surface area contributed by atoms with Crippen LogP contribution in [0, 0.1) is 0 Å². The van der Waals surface area contributed by atoms with Gasteiger partial charge in [-0.2, -0.15) is 0 Å². The van der Waals surface area contributed by atoms with Crippen molar-refractivity contribution in [2.75, 3.05) is 11.9 Å². The van der Waals surface area contributed by atoms with Crippen molar-refractivity contribution in [2.45, 2.75) is 52.4 Å². The number of amides is 1. The number of anilines is 2. The summed E-state index contributed by atoms with van der Waals surface area (Å²) in [7, 11) is 0. The Morgan fingerprint density at radius 2 is 1.92 bits per heavy atom. The number of aromatic nitrogens is 1. The van der Waals surface area contributed by atoms with Gasteiger partial charge in [0, 0.05) is 17.6 Å². The molecule has 1 aromatic heterocycles. The van der Waals surface area contributed by atoms with Crippen LogP contribution in [-0.2, 0) is 17.6 Å². The van der Waals surface area contributed by atoms with Crippen LogP contribution >= 0.6 is 11.3 Å². The summed E-state index contributed by atoms with van der Waals surface area (Å²) in [5.41, 5.74) is 3.16. The molecule has 0 bridgehead atoms. The Labute approximate surface area is 148 Å². The van der Waals surface area contributed by atoms with Crippen LogP contribution in [0.25, 0.3) is 0 Å². The zero-order valence-electron chi connectivity index (χ0n) is 14.6. The SMILES string of the molecule is CCCCCCNC(=O)Cc1csc(Nc2ccc(CC)cc2)n1. The minimum absolute atomic E-state index is 0.0515. The summed E-state index contributed by atoms with van der Waals surface area (Å²) in [6.45, 7) is 5.09. The minimum Gasteiger partial charge on any atom is -0.356 e. The maximum absolute atomic E-state index is 11.9. The van der Waals surface area contributed by atoms with Crippen LogP contribution in [0.1, 0.15) is 50.8 Å². The van der Waals surface area contributed by atoms with E-state index in [1.54, 1.807) is 0 Å². The summed E-state index contributed by atoms with van der Waals surface area (Å²) < 4.78 is 0. The average Bonchev–Trinajstić information content (AvgIpc) is 3.02. The van der Waals surface area contributed by atoms with Crippen LogP contribution < -0.4 is 10.6 Å². The molecule has 0 spiro atoms. The van der Waals surface area contributed by atoms with E-state index in [9.17, 15) is 4.79 Å². The lowest BCUT2D eigenvalue weighted by molar-refractivity contribution is -0.120. The van der Waals surface area contributed by atoms with Crippen LogP contribution in [0.5, 0.6) is 0 Å². The average molecular weight is 346 g/mol. The third kappa shape index (κ3) is 6.32. The third-order valence-electron chi connectivity index (χ3n) is 3.86. The van der Waals surface area contributed by atoms with Crippen molar-refractivity contribution in [3.05, 3.63) is 40.9 Å². The van der Waals surface area contributed by atoms with Gasteiger partial charge in [-0.25, -0.2) is 4.98 Å². The number of carbonyl (C=O) groups is 1. The van der Waals surface area contributed by atoms with Crippen molar-refractivity contribution < 1.29 is 4.79 Å². The summed E-state index contributed by atoms with van der Waals surface area (Å²) in [6.07, 6.45) is 6.06. The number of aryl methyl sites for hydroxylation is 1. The molecule has 0 fully saturated rings. The monoisotopic (exact) mass is 345 g/mol. The van der Waals surface area contributed by atoms with Gasteiger partial charge in [-0.1, -0.05) is 45.2 Å². The van der Waals surface area contributed by atoms with Crippen LogP contribution in [-0.4, -0.2) is 17.4 Å². The van der Waals surface area contributed by atoms with E-state index in [4.69, 9.17) is 0 Å². The van der Waals surface area contributed by atoms with Gasteiger partial charge in [-0.15, -0.1) is 11.3 Å². The number of hydrogen-bond acceptors (Lipinski definition) is 4. The van der Waals surface area contributed by atoms with E-state index in [1.165, 1.54) is 36.2 Å². The van der Waals surface area contributed by atoms with Crippen LogP contribution in [0.4, 0.5) is 10.8 Å². The largest absolute Gasteiger partial charge is 0.356 e. The molecule has 2 rings (SSSR count). The predicted molar refractivity (Wildman–Crippen MR) is 102 cm³/mol. The highest BCUT2D eigenvalue weighted by Gasteiger charge is 2.07. The number of nitrogens with one attached hydrogen (secondary N) is 2. The Bertz CT molecular complexity index is 622. The van der Waals surface area contributed by atoms with Gasteiger partial charge in [0.2, 0.25) is 5.91 Å². The van der Waals surface area contributed by atoms with E-state index in [0.29, 0.717) is 6.42 Å². The molecule has 0 aliphatic carbocycles. The molecule has 5 heteroatoms. The van der Waals surface area contributed by atoms with Crippen molar-refractivity contribution in [1.29, 1.82) is 0 Å². The molecule has 0 aliphatic heterocycles. The molecule has 1 aromatic carbocycles. The molecular formula is C19H27N3OS. The Kier molecular flexibility index (Phi) is 7.75. The van der Waals surface area contributed by atoms with E-state index < -0.39 is 0 Å². The number of rotatable bonds is 10. The van der Waals surface area contributed by atoms with Gasteiger partial charge in [-0.05, 0) is 30.5 Å². The lowest BCUT2D eigenvalue weighted by atomic mass is 10.1. The van der Waals surface area contributed by atoms with E-state index in [1.807, 2.05) is 5.38 Å². The Morgan fingerprint density at radius 1 is 1.12 bits per heavy atom. The number of nitrogens with zero attached hydrogens (tertiary/aromatic N) is 1. The fraction of sp³-hybridized carbons (Fsp3) is 0.474. The van der Waals surface area contributed by atoms with E-state index in [2.05, 4.69) is 53.7 Å². The van der Waals surface area contributed by atoms with Crippen LogP contribution in [0.15, 0.2) is 29.6 Å². The van der Waals surface area contributed by atoms with Crippen LogP contribution in [0.2, 0.25) is 0 Å². The van der Waals surface area contributed by atoms with Crippen LogP contribution in [0.3, 0.4) is 0 Å². The highest BCUT2D eigenvalue weighted by atomic mass is 32.1. The molecule has 0 unspecified atom stereocenters. The Morgan fingerprint density at radius 3 is 2.62 bits per heavy atom. The Hall–Kier alpha value is -1.88.